The van der Waals surface area contributed by atoms with E-state index >= 15 is 0 Å². The van der Waals surface area contributed by atoms with E-state index in [0.717, 1.165) is 6.42 Å². The Morgan fingerprint density at radius 3 is 1.91 bits per heavy atom. The largest absolute Gasteiger partial charge is 0.394 e. The van der Waals surface area contributed by atoms with Crippen molar-refractivity contribution in [1.82, 2.24) is 5.32 Å². The van der Waals surface area contributed by atoms with Crippen LogP contribution in [0.2, 0.25) is 0 Å². The van der Waals surface area contributed by atoms with Crippen LogP contribution in [0, 0.1) is 0 Å². The van der Waals surface area contributed by atoms with Crippen molar-refractivity contribution >= 4 is 5.91 Å². The SMILES string of the molecule is CCCCCCCCCCCCC/C=C/C[C@@H](CO)NC(C)=O. The lowest BCUT2D eigenvalue weighted by atomic mass is 10.1. The smallest absolute Gasteiger partial charge is 0.217 e. The number of aliphatic hydroxyl groups is 1. The van der Waals surface area contributed by atoms with Gasteiger partial charge in [-0.15, -0.1) is 0 Å². The van der Waals surface area contributed by atoms with Crippen molar-refractivity contribution in [3.05, 3.63) is 12.2 Å². The van der Waals surface area contributed by atoms with Crippen LogP contribution in [0.3, 0.4) is 0 Å². The van der Waals surface area contributed by atoms with Crippen LogP contribution in [0.15, 0.2) is 12.2 Å². The molecule has 2 N–H and O–H groups in total. The molecule has 0 bridgehead atoms. The number of rotatable bonds is 16. The molecule has 0 fully saturated rings. The molecule has 0 rings (SSSR count). The minimum absolute atomic E-state index is 0.00235. The van der Waals surface area contributed by atoms with Gasteiger partial charge in [0.1, 0.15) is 0 Å². The highest BCUT2D eigenvalue weighted by molar-refractivity contribution is 5.73. The van der Waals surface area contributed by atoms with Crippen molar-refractivity contribution in [2.24, 2.45) is 0 Å². The fraction of sp³-hybridized carbons (Fsp3) is 0.850. The van der Waals surface area contributed by atoms with Crippen LogP contribution in [0.4, 0.5) is 0 Å². The molecule has 0 aromatic heterocycles. The number of carbonyl (C=O) groups is 1. The van der Waals surface area contributed by atoms with Crippen LogP contribution in [0.5, 0.6) is 0 Å². The second-order valence-electron chi connectivity index (χ2n) is 6.61. The van der Waals surface area contributed by atoms with Crippen LogP contribution in [0.25, 0.3) is 0 Å². The van der Waals surface area contributed by atoms with Gasteiger partial charge in [-0.25, -0.2) is 0 Å². The number of carbonyl (C=O) groups excluding carboxylic acids is 1. The third-order valence-electron chi connectivity index (χ3n) is 4.19. The fourth-order valence-electron chi connectivity index (χ4n) is 2.77. The Morgan fingerprint density at radius 1 is 0.913 bits per heavy atom. The third-order valence-corrected chi connectivity index (χ3v) is 4.19. The lowest BCUT2D eigenvalue weighted by Gasteiger charge is -2.12. The monoisotopic (exact) mass is 325 g/mol. The first-order valence-corrected chi connectivity index (χ1v) is 9.73. The zero-order valence-corrected chi connectivity index (χ0v) is 15.5. The molecule has 0 aromatic carbocycles. The van der Waals surface area contributed by atoms with Gasteiger partial charge < -0.3 is 10.4 Å². The summed E-state index contributed by atoms with van der Waals surface area (Å²) >= 11 is 0. The van der Waals surface area contributed by atoms with E-state index in [2.05, 4.69) is 24.4 Å². The minimum Gasteiger partial charge on any atom is -0.394 e. The maximum atomic E-state index is 10.9. The van der Waals surface area contributed by atoms with Crippen molar-refractivity contribution in [2.75, 3.05) is 6.61 Å². The van der Waals surface area contributed by atoms with Gasteiger partial charge in [0.05, 0.1) is 12.6 Å². The first-order chi connectivity index (χ1) is 11.2. The molecule has 0 saturated heterocycles. The fourth-order valence-corrected chi connectivity index (χ4v) is 2.77. The molecule has 3 heteroatoms. The Bertz CT molecular complexity index is 289. The van der Waals surface area contributed by atoms with E-state index in [4.69, 9.17) is 5.11 Å². The summed E-state index contributed by atoms with van der Waals surface area (Å²) in [5.74, 6) is -0.0807. The van der Waals surface area contributed by atoms with Crippen LogP contribution < -0.4 is 5.32 Å². The summed E-state index contributed by atoms with van der Waals surface area (Å²) in [7, 11) is 0. The minimum atomic E-state index is -0.138. The van der Waals surface area contributed by atoms with Gasteiger partial charge in [-0.3, -0.25) is 4.79 Å². The van der Waals surface area contributed by atoms with Gasteiger partial charge in [0.25, 0.3) is 0 Å². The van der Waals surface area contributed by atoms with Gasteiger partial charge in [-0.05, 0) is 19.3 Å². The van der Waals surface area contributed by atoms with Crippen molar-refractivity contribution in [3.63, 3.8) is 0 Å². The van der Waals surface area contributed by atoms with Crippen molar-refractivity contribution in [3.8, 4) is 0 Å². The molecule has 0 heterocycles. The number of hydrogen-bond acceptors (Lipinski definition) is 2. The highest BCUT2D eigenvalue weighted by atomic mass is 16.3. The Morgan fingerprint density at radius 2 is 1.43 bits per heavy atom. The average Bonchev–Trinajstić information content (AvgIpc) is 2.53. The van der Waals surface area contributed by atoms with Gasteiger partial charge in [0, 0.05) is 6.92 Å². The molecule has 23 heavy (non-hydrogen) atoms. The van der Waals surface area contributed by atoms with E-state index in [-0.39, 0.29) is 18.6 Å². The molecule has 0 aliphatic heterocycles. The standard InChI is InChI=1S/C20H39NO2/c1-3-4-5-6-7-8-9-10-11-12-13-14-15-16-17-20(18-22)21-19(2)23/h15-16,20,22H,3-14,17-18H2,1-2H3,(H,21,23)/b16-15+/t20-/m0/s1. The van der Waals surface area contributed by atoms with Gasteiger partial charge in [0.2, 0.25) is 5.91 Å². The van der Waals surface area contributed by atoms with E-state index in [1.807, 2.05) is 0 Å². The Kier molecular flexibility index (Phi) is 16.9. The predicted octanol–water partition coefficient (Wildman–Crippen LogP) is 5.13. The van der Waals surface area contributed by atoms with E-state index in [1.165, 1.54) is 77.6 Å². The number of nitrogens with one attached hydrogen (secondary N) is 1. The van der Waals surface area contributed by atoms with Crippen molar-refractivity contribution < 1.29 is 9.90 Å². The third kappa shape index (κ3) is 17.4. The van der Waals surface area contributed by atoms with E-state index < -0.39 is 0 Å². The molecule has 1 amide bonds. The van der Waals surface area contributed by atoms with Crippen molar-refractivity contribution in [1.29, 1.82) is 0 Å². The lowest BCUT2D eigenvalue weighted by Crippen LogP contribution is -2.35. The lowest BCUT2D eigenvalue weighted by molar-refractivity contribution is -0.119. The van der Waals surface area contributed by atoms with Crippen LogP contribution in [-0.4, -0.2) is 23.7 Å². The summed E-state index contributed by atoms with van der Waals surface area (Å²) < 4.78 is 0. The molecule has 1 atom stereocenters. The summed E-state index contributed by atoms with van der Waals surface area (Å²) in [6.45, 7) is 3.75. The van der Waals surface area contributed by atoms with Crippen molar-refractivity contribution in [2.45, 2.75) is 103 Å². The Hall–Kier alpha value is -0.830. The summed E-state index contributed by atoms with van der Waals surface area (Å²) in [6.07, 6.45) is 21.2. The molecular weight excluding hydrogens is 286 g/mol. The topological polar surface area (TPSA) is 49.3 Å². The Balaban J connectivity index is 3.29. The first kappa shape index (κ1) is 22.2. The normalized spacial score (nSPS) is 12.7. The quantitative estimate of drug-likeness (QED) is 0.305. The summed E-state index contributed by atoms with van der Waals surface area (Å²) in [4.78, 5) is 10.9. The molecule has 136 valence electrons. The van der Waals surface area contributed by atoms with E-state index in [9.17, 15) is 4.79 Å². The van der Waals surface area contributed by atoms with Gasteiger partial charge in [-0.2, -0.15) is 0 Å². The maximum absolute atomic E-state index is 10.9. The number of unbranched alkanes of at least 4 members (excludes halogenated alkanes) is 11. The van der Waals surface area contributed by atoms with E-state index in [1.54, 1.807) is 0 Å². The number of aliphatic hydroxyl groups excluding tert-OH is 1. The molecule has 0 spiro atoms. The Labute approximate surface area is 143 Å². The van der Waals surface area contributed by atoms with Crippen LogP contribution >= 0.6 is 0 Å². The maximum Gasteiger partial charge on any atom is 0.217 e. The highest BCUT2D eigenvalue weighted by Gasteiger charge is 2.05. The number of hydrogen-bond donors (Lipinski definition) is 2. The zero-order chi connectivity index (χ0) is 17.2. The molecular formula is C20H39NO2. The summed E-state index contributed by atoms with van der Waals surface area (Å²) in [5, 5.41) is 11.9. The predicted molar refractivity (Wildman–Crippen MR) is 99.5 cm³/mol. The van der Waals surface area contributed by atoms with Gasteiger partial charge in [0.15, 0.2) is 0 Å². The number of amides is 1. The van der Waals surface area contributed by atoms with Crippen LogP contribution in [0.1, 0.15) is 97.3 Å². The second kappa shape index (κ2) is 17.5. The second-order valence-corrected chi connectivity index (χ2v) is 6.61. The molecule has 0 saturated carbocycles. The molecule has 3 nitrogen and oxygen atoms in total. The molecule has 0 aliphatic carbocycles. The molecule has 0 unspecified atom stereocenters. The summed E-state index contributed by atoms with van der Waals surface area (Å²) in [6, 6.07) is -0.138. The number of allylic oxidation sites excluding steroid dienone is 1. The van der Waals surface area contributed by atoms with Crippen LogP contribution in [-0.2, 0) is 4.79 Å². The average molecular weight is 326 g/mol. The van der Waals surface area contributed by atoms with Gasteiger partial charge in [-0.1, -0.05) is 83.3 Å². The molecule has 0 aliphatic rings. The highest BCUT2D eigenvalue weighted by Crippen LogP contribution is 2.12. The zero-order valence-electron chi connectivity index (χ0n) is 15.5. The molecule has 0 radical (unpaired) electrons. The summed E-state index contributed by atoms with van der Waals surface area (Å²) in [5.41, 5.74) is 0. The van der Waals surface area contributed by atoms with E-state index in [0.29, 0.717) is 6.42 Å². The van der Waals surface area contributed by atoms with Gasteiger partial charge >= 0.3 is 0 Å². The molecule has 0 aromatic rings. The first-order valence-electron chi connectivity index (χ1n) is 9.73.